The average molecular weight is 271 g/mol. The molecule has 2 rings (SSSR count). The number of benzene rings is 1. The van der Waals surface area contributed by atoms with E-state index >= 15 is 0 Å². The van der Waals surface area contributed by atoms with Gasteiger partial charge in [-0.05, 0) is 26.5 Å². The van der Waals surface area contributed by atoms with Crippen molar-refractivity contribution < 1.29 is 4.79 Å². The fourth-order valence-corrected chi connectivity index (χ4v) is 2.38. The van der Waals surface area contributed by atoms with Gasteiger partial charge in [0.1, 0.15) is 0 Å². The van der Waals surface area contributed by atoms with Crippen LogP contribution in [0.3, 0.4) is 0 Å². The van der Waals surface area contributed by atoms with E-state index in [0.29, 0.717) is 6.54 Å². The standard InChI is InChI=1S/C16H21N3O/c1-12-5-6-15(13(2)7-12)16(20)11-18(3)9-14-8-17-19(4)10-14/h5-8,10H,9,11H2,1-4H3. The van der Waals surface area contributed by atoms with E-state index in [1.54, 1.807) is 4.68 Å². The first-order valence-corrected chi connectivity index (χ1v) is 6.72. The molecule has 0 unspecified atom stereocenters. The molecule has 0 aliphatic heterocycles. The van der Waals surface area contributed by atoms with E-state index in [1.807, 2.05) is 63.4 Å². The fourth-order valence-electron chi connectivity index (χ4n) is 2.38. The summed E-state index contributed by atoms with van der Waals surface area (Å²) >= 11 is 0. The van der Waals surface area contributed by atoms with Crippen LogP contribution in [0.25, 0.3) is 0 Å². The molecule has 1 aromatic carbocycles. The van der Waals surface area contributed by atoms with E-state index in [4.69, 9.17) is 0 Å². The zero-order valence-corrected chi connectivity index (χ0v) is 12.6. The number of Topliss-reactive ketones (excluding diaryl/α,β-unsaturated/α-hetero) is 1. The molecule has 0 amide bonds. The molecule has 20 heavy (non-hydrogen) atoms. The van der Waals surface area contributed by atoms with E-state index in [2.05, 4.69) is 5.10 Å². The molecule has 1 heterocycles. The molecule has 0 spiro atoms. The molecule has 0 radical (unpaired) electrons. The monoisotopic (exact) mass is 271 g/mol. The minimum atomic E-state index is 0.161. The molecule has 0 aliphatic rings. The van der Waals surface area contributed by atoms with Crippen LogP contribution in [0.5, 0.6) is 0 Å². The molecule has 4 nitrogen and oxygen atoms in total. The summed E-state index contributed by atoms with van der Waals surface area (Å²) in [6.07, 6.45) is 3.80. The average Bonchev–Trinajstić information content (AvgIpc) is 2.74. The van der Waals surface area contributed by atoms with Crippen molar-refractivity contribution in [1.82, 2.24) is 14.7 Å². The van der Waals surface area contributed by atoms with Gasteiger partial charge in [-0.2, -0.15) is 5.10 Å². The molecule has 0 atom stereocenters. The second-order valence-corrected chi connectivity index (χ2v) is 5.44. The second-order valence-electron chi connectivity index (χ2n) is 5.44. The lowest BCUT2D eigenvalue weighted by molar-refractivity contribution is 0.0942. The van der Waals surface area contributed by atoms with Crippen LogP contribution in [0.1, 0.15) is 27.0 Å². The predicted molar refractivity (Wildman–Crippen MR) is 79.8 cm³/mol. The van der Waals surface area contributed by atoms with E-state index in [0.717, 1.165) is 23.2 Å². The van der Waals surface area contributed by atoms with Crippen LogP contribution in [0.2, 0.25) is 0 Å². The first-order valence-electron chi connectivity index (χ1n) is 6.72. The maximum atomic E-state index is 12.3. The molecule has 106 valence electrons. The zero-order chi connectivity index (χ0) is 14.7. The minimum Gasteiger partial charge on any atom is -0.294 e. The number of hydrogen-bond donors (Lipinski definition) is 0. The SMILES string of the molecule is Cc1ccc(C(=O)CN(C)Cc2cnn(C)c2)c(C)c1. The van der Waals surface area contributed by atoms with Crippen molar-refractivity contribution in [2.75, 3.05) is 13.6 Å². The number of aryl methyl sites for hydroxylation is 3. The summed E-state index contributed by atoms with van der Waals surface area (Å²) in [5.74, 6) is 0.161. The Kier molecular flexibility index (Phi) is 4.35. The number of carbonyl (C=O) groups excluding carboxylic acids is 1. The van der Waals surface area contributed by atoms with Crippen LogP contribution in [0.4, 0.5) is 0 Å². The molecule has 2 aromatic rings. The Balaban J connectivity index is 2.00. The summed E-state index contributed by atoms with van der Waals surface area (Å²) in [4.78, 5) is 14.3. The number of hydrogen-bond acceptors (Lipinski definition) is 3. The zero-order valence-electron chi connectivity index (χ0n) is 12.6. The molecule has 0 N–H and O–H groups in total. The van der Waals surface area contributed by atoms with Gasteiger partial charge in [0.05, 0.1) is 12.7 Å². The van der Waals surface area contributed by atoms with Crippen molar-refractivity contribution in [2.24, 2.45) is 7.05 Å². The third-order valence-electron chi connectivity index (χ3n) is 3.31. The predicted octanol–water partition coefficient (Wildman–Crippen LogP) is 2.35. The lowest BCUT2D eigenvalue weighted by atomic mass is 10.0. The Bertz CT molecular complexity index is 616. The van der Waals surface area contributed by atoms with Gasteiger partial charge in [-0.25, -0.2) is 0 Å². The molecular weight excluding hydrogens is 250 g/mol. The molecule has 4 heteroatoms. The highest BCUT2D eigenvalue weighted by molar-refractivity contribution is 5.98. The first-order chi connectivity index (χ1) is 9.45. The normalized spacial score (nSPS) is 11.1. The Morgan fingerprint density at radius 2 is 2.10 bits per heavy atom. The smallest absolute Gasteiger partial charge is 0.177 e. The summed E-state index contributed by atoms with van der Waals surface area (Å²) in [5, 5.41) is 4.14. The molecule has 1 aromatic heterocycles. The molecule has 0 saturated heterocycles. The number of rotatable bonds is 5. The Morgan fingerprint density at radius 1 is 1.35 bits per heavy atom. The molecule has 0 fully saturated rings. The topological polar surface area (TPSA) is 38.1 Å². The Labute approximate surface area is 120 Å². The lowest BCUT2D eigenvalue weighted by Crippen LogP contribution is -2.26. The maximum absolute atomic E-state index is 12.3. The van der Waals surface area contributed by atoms with Crippen molar-refractivity contribution in [3.8, 4) is 0 Å². The molecular formula is C16H21N3O. The van der Waals surface area contributed by atoms with Gasteiger partial charge >= 0.3 is 0 Å². The van der Waals surface area contributed by atoms with Crippen molar-refractivity contribution in [1.29, 1.82) is 0 Å². The maximum Gasteiger partial charge on any atom is 0.177 e. The van der Waals surface area contributed by atoms with Gasteiger partial charge in [-0.3, -0.25) is 14.4 Å². The number of nitrogens with zero attached hydrogens (tertiary/aromatic N) is 3. The fraction of sp³-hybridized carbons (Fsp3) is 0.375. The summed E-state index contributed by atoms with van der Waals surface area (Å²) in [6, 6.07) is 5.96. The number of aromatic nitrogens is 2. The van der Waals surface area contributed by atoms with Crippen LogP contribution < -0.4 is 0 Å². The highest BCUT2D eigenvalue weighted by Crippen LogP contribution is 2.12. The van der Waals surface area contributed by atoms with Gasteiger partial charge < -0.3 is 0 Å². The number of likely N-dealkylation sites (N-methyl/N-ethyl adjacent to an activating group) is 1. The molecule has 0 bridgehead atoms. The van der Waals surface area contributed by atoms with Crippen molar-refractivity contribution in [2.45, 2.75) is 20.4 Å². The van der Waals surface area contributed by atoms with Gasteiger partial charge in [-0.15, -0.1) is 0 Å². The van der Waals surface area contributed by atoms with Crippen molar-refractivity contribution in [3.63, 3.8) is 0 Å². The highest BCUT2D eigenvalue weighted by Gasteiger charge is 2.12. The third-order valence-corrected chi connectivity index (χ3v) is 3.31. The van der Waals surface area contributed by atoms with E-state index in [-0.39, 0.29) is 5.78 Å². The number of carbonyl (C=O) groups is 1. The van der Waals surface area contributed by atoms with Crippen molar-refractivity contribution >= 4 is 5.78 Å². The van der Waals surface area contributed by atoms with Gasteiger partial charge in [0, 0.05) is 30.9 Å². The second kappa shape index (κ2) is 6.01. The minimum absolute atomic E-state index is 0.161. The summed E-state index contributed by atoms with van der Waals surface area (Å²) < 4.78 is 1.77. The van der Waals surface area contributed by atoms with Crippen LogP contribution in [0, 0.1) is 13.8 Å². The van der Waals surface area contributed by atoms with Crippen LogP contribution in [-0.2, 0) is 13.6 Å². The molecule has 0 aliphatic carbocycles. The van der Waals surface area contributed by atoms with Gasteiger partial charge in [0.25, 0.3) is 0 Å². The Hall–Kier alpha value is -1.94. The Morgan fingerprint density at radius 3 is 2.70 bits per heavy atom. The summed E-state index contributed by atoms with van der Waals surface area (Å²) in [5.41, 5.74) is 4.16. The lowest BCUT2D eigenvalue weighted by Gasteiger charge is -2.15. The first kappa shape index (κ1) is 14.5. The quantitative estimate of drug-likeness (QED) is 0.784. The largest absolute Gasteiger partial charge is 0.294 e. The van der Waals surface area contributed by atoms with Crippen molar-refractivity contribution in [3.05, 3.63) is 52.8 Å². The van der Waals surface area contributed by atoms with E-state index < -0.39 is 0 Å². The number of ketones is 1. The van der Waals surface area contributed by atoms with Gasteiger partial charge in [0.2, 0.25) is 0 Å². The van der Waals surface area contributed by atoms with Crippen LogP contribution >= 0.6 is 0 Å². The van der Waals surface area contributed by atoms with E-state index in [1.165, 1.54) is 5.56 Å². The van der Waals surface area contributed by atoms with Crippen LogP contribution in [-0.4, -0.2) is 34.1 Å². The molecule has 0 saturated carbocycles. The van der Waals surface area contributed by atoms with Gasteiger partial charge in [-0.1, -0.05) is 23.8 Å². The summed E-state index contributed by atoms with van der Waals surface area (Å²) in [6.45, 7) is 5.17. The van der Waals surface area contributed by atoms with E-state index in [9.17, 15) is 4.79 Å². The summed E-state index contributed by atoms with van der Waals surface area (Å²) in [7, 11) is 3.85. The van der Waals surface area contributed by atoms with Crippen LogP contribution in [0.15, 0.2) is 30.6 Å². The third kappa shape index (κ3) is 3.54. The van der Waals surface area contributed by atoms with Gasteiger partial charge in [0.15, 0.2) is 5.78 Å². The highest BCUT2D eigenvalue weighted by atomic mass is 16.1.